The summed E-state index contributed by atoms with van der Waals surface area (Å²) in [5.74, 6) is -0.718. The average Bonchev–Trinajstić information content (AvgIpc) is 2.55. The standard InChI is InChI=1S/C14H20ClN3O4S/c1-22-14(19)12-3-2-11(15)10-13(12)23(20,21)17-6-9-18-7-4-16-5-8-18/h2-3,10,16-17H,4-9H2,1H3. The first-order valence-corrected chi connectivity index (χ1v) is 9.11. The van der Waals surface area contributed by atoms with Crippen molar-refractivity contribution in [3.63, 3.8) is 0 Å². The third kappa shape index (κ3) is 4.89. The number of nitrogens with one attached hydrogen (secondary N) is 2. The molecule has 1 aromatic rings. The second-order valence-corrected chi connectivity index (χ2v) is 7.29. The Morgan fingerprint density at radius 2 is 2.09 bits per heavy atom. The highest BCUT2D eigenvalue weighted by molar-refractivity contribution is 7.89. The highest BCUT2D eigenvalue weighted by Crippen LogP contribution is 2.21. The lowest BCUT2D eigenvalue weighted by atomic mass is 10.2. The van der Waals surface area contributed by atoms with Crippen LogP contribution in [0.25, 0.3) is 0 Å². The van der Waals surface area contributed by atoms with Gasteiger partial charge in [-0.3, -0.25) is 4.90 Å². The zero-order valence-corrected chi connectivity index (χ0v) is 14.4. The van der Waals surface area contributed by atoms with Gasteiger partial charge in [0, 0.05) is 44.3 Å². The second kappa shape index (κ2) is 8.07. The van der Waals surface area contributed by atoms with Gasteiger partial charge in [-0.25, -0.2) is 17.9 Å². The van der Waals surface area contributed by atoms with E-state index < -0.39 is 16.0 Å². The Morgan fingerprint density at radius 3 is 2.74 bits per heavy atom. The summed E-state index contributed by atoms with van der Waals surface area (Å²) in [5.41, 5.74) is -0.0356. The number of benzene rings is 1. The van der Waals surface area contributed by atoms with Crippen molar-refractivity contribution < 1.29 is 17.9 Å². The van der Waals surface area contributed by atoms with Crippen LogP contribution < -0.4 is 10.0 Å². The first kappa shape index (κ1) is 18.2. The van der Waals surface area contributed by atoms with Gasteiger partial charge >= 0.3 is 5.97 Å². The molecule has 0 atom stereocenters. The number of nitrogens with zero attached hydrogens (tertiary/aromatic N) is 1. The van der Waals surface area contributed by atoms with Gasteiger partial charge < -0.3 is 10.1 Å². The molecule has 0 aliphatic carbocycles. The summed E-state index contributed by atoms with van der Waals surface area (Å²) >= 11 is 5.87. The van der Waals surface area contributed by atoms with Crippen LogP contribution in [-0.2, 0) is 14.8 Å². The molecule has 0 spiro atoms. The van der Waals surface area contributed by atoms with E-state index in [1.165, 1.54) is 25.3 Å². The van der Waals surface area contributed by atoms with Crippen LogP contribution in [0.4, 0.5) is 0 Å². The molecule has 1 aromatic carbocycles. The molecule has 128 valence electrons. The number of piperazine rings is 1. The molecule has 0 aromatic heterocycles. The zero-order chi connectivity index (χ0) is 16.9. The van der Waals surface area contributed by atoms with Crippen molar-refractivity contribution in [2.45, 2.75) is 4.90 Å². The summed E-state index contributed by atoms with van der Waals surface area (Å²) in [4.78, 5) is 13.7. The second-order valence-electron chi connectivity index (χ2n) is 5.12. The molecule has 2 N–H and O–H groups in total. The van der Waals surface area contributed by atoms with Crippen LogP contribution in [0.3, 0.4) is 0 Å². The fourth-order valence-corrected chi connectivity index (χ4v) is 3.82. The van der Waals surface area contributed by atoms with Gasteiger partial charge in [0.2, 0.25) is 10.0 Å². The number of sulfonamides is 1. The largest absolute Gasteiger partial charge is 0.465 e. The van der Waals surface area contributed by atoms with E-state index in [0.29, 0.717) is 6.54 Å². The molecule has 0 amide bonds. The molecule has 7 nitrogen and oxygen atoms in total. The number of hydrogen-bond acceptors (Lipinski definition) is 6. The molecule has 0 saturated carbocycles. The Morgan fingerprint density at radius 1 is 1.39 bits per heavy atom. The van der Waals surface area contributed by atoms with Crippen molar-refractivity contribution in [1.82, 2.24) is 14.9 Å². The Kier molecular flexibility index (Phi) is 6.37. The average molecular weight is 362 g/mol. The van der Waals surface area contributed by atoms with E-state index in [0.717, 1.165) is 26.2 Å². The summed E-state index contributed by atoms with van der Waals surface area (Å²) < 4.78 is 32.1. The third-order valence-electron chi connectivity index (χ3n) is 3.57. The molecule has 1 aliphatic rings. The molecular formula is C14H20ClN3O4S. The van der Waals surface area contributed by atoms with Crippen molar-refractivity contribution in [1.29, 1.82) is 0 Å². The normalized spacial score (nSPS) is 16.3. The smallest absolute Gasteiger partial charge is 0.339 e. The number of carbonyl (C=O) groups excluding carboxylic acids is 1. The summed E-state index contributed by atoms with van der Waals surface area (Å²) in [6, 6.07) is 4.05. The van der Waals surface area contributed by atoms with Gasteiger partial charge in [0.15, 0.2) is 0 Å². The SMILES string of the molecule is COC(=O)c1ccc(Cl)cc1S(=O)(=O)NCCN1CCNCC1. The molecule has 23 heavy (non-hydrogen) atoms. The van der Waals surface area contributed by atoms with E-state index in [1.807, 2.05) is 0 Å². The van der Waals surface area contributed by atoms with Gasteiger partial charge in [-0.05, 0) is 18.2 Å². The maximum atomic E-state index is 12.5. The van der Waals surface area contributed by atoms with E-state index in [4.69, 9.17) is 11.6 Å². The Bertz CT molecular complexity index is 660. The van der Waals surface area contributed by atoms with Crippen LogP contribution in [0.1, 0.15) is 10.4 Å². The predicted octanol–water partition coefficient (Wildman–Crippen LogP) is 0.310. The van der Waals surface area contributed by atoms with Gasteiger partial charge in [0.25, 0.3) is 0 Å². The van der Waals surface area contributed by atoms with Crippen LogP contribution in [0.15, 0.2) is 23.1 Å². The Hall–Kier alpha value is -1.19. The fraction of sp³-hybridized carbons (Fsp3) is 0.500. The number of rotatable bonds is 6. The summed E-state index contributed by atoms with van der Waals surface area (Å²) in [6.45, 7) is 4.42. The highest BCUT2D eigenvalue weighted by atomic mass is 35.5. The highest BCUT2D eigenvalue weighted by Gasteiger charge is 2.23. The van der Waals surface area contributed by atoms with E-state index >= 15 is 0 Å². The lowest BCUT2D eigenvalue weighted by molar-refractivity contribution is 0.0596. The minimum atomic E-state index is -3.85. The minimum absolute atomic E-state index is 0.0356. The van der Waals surface area contributed by atoms with Crippen LogP contribution in [-0.4, -0.2) is 65.7 Å². The number of hydrogen-bond donors (Lipinski definition) is 2. The number of halogens is 1. The van der Waals surface area contributed by atoms with Crippen molar-refractivity contribution in [3.05, 3.63) is 28.8 Å². The molecule has 0 radical (unpaired) electrons. The van der Waals surface area contributed by atoms with Gasteiger partial charge in [-0.2, -0.15) is 0 Å². The minimum Gasteiger partial charge on any atom is -0.465 e. The number of esters is 1. The van der Waals surface area contributed by atoms with Gasteiger partial charge in [0.05, 0.1) is 17.6 Å². The molecule has 1 heterocycles. The van der Waals surface area contributed by atoms with Gasteiger partial charge in [-0.1, -0.05) is 11.6 Å². The van der Waals surface area contributed by atoms with E-state index in [2.05, 4.69) is 19.7 Å². The Labute approximate surface area is 141 Å². The van der Waals surface area contributed by atoms with Crippen LogP contribution in [0, 0.1) is 0 Å². The monoisotopic (exact) mass is 361 g/mol. The number of ether oxygens (including phenoxy) is 1. The summed E-state index contributed by atoms with van der Waals surface area (Å²) in [6.07, 6.45) is 0. The van der Waals surface area contributed by atoms with Crippen LogP contribution in [0.2, 0.25) is 5.02 Å². The first-order chi connectivity index (χ1) is 10.9. The van der Waals surface area contributed by atoms with E-state index in [1.54, 1.807) is 0 Å². The molecule has 0 unspecified atom stereocenters. The van der Waals surface area contributed by atoms with Crippen molar-refractivity contribution in [2.24, 2.45) is 0 Å². The lowest BCUT2D eigenvalue weighted by Crippen LogP contribution is -2.46. The lowest BCUT2D eigenvalue weighted by Gasteiger charge is -2.27. The van der Waals surface area contributed by atoms with Gasteiger partial charge in [-0.15, -0.1) is 0 Å². The maximum Gasteiger partial charge on any atom is 0.339 e. The first-order valence-electron chi connectivity index (χ1n) is 7.24. The quantitative estimate of drug-likeness (QED) is 0.709. The summed E-state index contributed by atoms with van der Waals surface area (Å²) in [7, 11) is -2.65. The number of carbonyl (C=O) groups is 1. The van der Waals surface area contributed by atoms with Crippen molar-refractivity contribution in [2.75, 3.05) is 46.4 Å². The molecular weight excluding hydrogens is 342 g/mol. The fourth-order valence-electron chi connectivity index (χ4n) is 2.35. The van der Waals surface area contributed by atoms with Crippen molar-refractivity contribution in [3.8, 4) is 0 Å². The number of methoxy groups -OCH3 is 1. The molecule has 1 saturated heterocycles. The van der Waals surface area contributed by atoms with Gasteiger partial charge in [0.1, 0.15) is 0 Å². The van der Waals surface area contributed by atoms with E-state index in [9.17, 15) is 13.2 Å². The molecule has 9 heteroatoms. The van der Waals surface area contributed by atoms with Crippen molar-refractivity contribution >= 4 is 27.6 Å². The predicted molar refractivity (Wildman–Crippen MR) is 87.3 cm³/mol. The van der Waals surface area contributed by atoms with Crippen LogP contribution >= 0.6 is 11.6 Å². The topological polar surface area (TPSA) is 87.7 Å². The molecule has 0 bridgehead atoms. The van der Waals surface area contributed by atoms with E-state index in [-0.39, 0.29) is 22.0 Å². The molecule has 1 aliphatic heterocycles. The molecule has 2 rings (SSSR count). The maximum absolute atomic E-state index is 12.5. The van der Waals surface area contributed by atoms with Crippen LogP contribution in [0.5, 0.6) is 0 Å². The Balaban J connectivity index is 2.09. The zero-order valence-electron chi connectivity index (χ0n) is 12.8. The molecule has 1 fully saturated rings. The third-order valence-corrected chi connectivity index (χ3v) is 5.30. The summed E-state index contributed by atoms with van der Waals surface area (Å²) in [5, 5.41) is 3.47.